The van der Waals surface area contributed by atoms with Crippen molar-refractivity contribution in [2.45, 2.75) is 6.92 Å². The number of nitrogens with one attached hydrogen (secondary N) is 1. The molecular weight excluding hydrogens is 611 g/mol. The van der Waals surface area contributed by atoms with E-state index in [0.717, 1.165) is 19.0 Å². The quantitative estimate of drug-likeness (QED) is 0.153. The topological polar surface area (TPSA) is 105 Å². The van der Waals surface area contributed by atoms with Crippen molar-refractivity contribution in [3.05, 3.63) is 63.7 Å². The molecule has 0 spiro atoms. The maximum absolute atomic E-state index is 12.4. The van der Waals surface area contributed by atoms with E-state index in [0.29, 0.717) is 12.2 Å². The van der Waals surface area contributed by atoms with E-state index < -0.39 is 10.8 Å². The average molecular weight is 624 g/mol. The summed E-state index contributed by atoms with van der Waals surface area (Å²) in [5, 5.41) is 22.6. The smallest absolute Gasteiger partial charge is 0.271 e. The van der Waals surface area contributed by atoms with E-state index in [9.17, 15) is 20.2 Å². The summed E-state index contributed by atoms with van der Waals surface area (Å²) in [6.45, 7) is 2.42. The third kappa shape index (κ3) is 5.55. The summed E-state index contributed by atoms with van der Waals surface area (Å²) < 4.78 is 7.29. The minimum absolute atomic E-state index is 0.00463. The zero-order valence-corrected chi connectivity index (χ0v) is 19.4. The number of carbonyl (C=O) groups excluding carboxylic acids is 1. The first-order valence-corrected chi connectivity index (χ1v) is 10.3. The maximum Gasteiger partial charge on any atom is 0.271 e. The summed E-state index contributed by atoms with van der Waals surface area (Å²) in [4.78, 5) is 22.6. The van der Waals surface area contributed by atoms with Crippen molar-refractivity contribution in [2.24, 2.45) is 0 Å². The molecule has 0 aliphatic rings. The van der Waals surface area contributed by atoms with Gasteiger partial charge in [-0.3, -0.25) is 14.9 Å². The number of nitrogens with zero attached hydrogens (tertiary/aromatic N) is 2. The Balaban J connectivity index is 2.29. The predicted molar refractivity (Wildman–Crippen MR) is 123 cm³/mol. The highest BCUT2D eigenvalue weighted by Gasteiger charge is 2.15. The van der Waals surface area contributed by atoms with Crippen LogP contribution in [0, 0.1) is 28.6 Å². The van der Waals surface area contributed by atoms with Crippen molar-refractivity contribution in [1.82, 2.24) is 0 Å². The summed E-state index contributed by atoms with van der Waals surface area (Å²) in [7, 11) is 0. The van der Waals surface area contributed by atoms with Crippen molar-refractivity contribution in [3.63, 3.8) is 0 Å². The first kappa shape index (κ1) is 22.4. The van der Waals surface area contributed by atoms with E-state index in [1.54, 1.807) is 12.1 Å². The number of hydrogen-bond acceptors (Lipinski definition) is 5. The minimum Gasteiger partial charge on any atom is -0.492 e. The number of hydrogen-bond donors (Lipinski definition) is 1. The van der Waals surface area contributed by atoms with Gasteiger partial charge in [-0.15, -0.1) is 0 Å². The van der Waals surface area contributed by atoms with Gasteiger partial charge in [-0.2, -0.15) is 5.26 Å². The summed E-state index contributed by atoms with van der Waals surface area (Å²) in [6, 6.07) is 9.13. The molecule has 0 saturated carbocycles. The van der Waals surface area contributed by atoms with Crippen LogP contribution in [0.25, 0.3) is 6.08 Å². The number of carbonyl (C=O) groups is 1. The van der Waals surface area contributed by atoms with Gasteiger partial charge in [-0.1, -0.05) is 11.6 Å². The van der Waals surface area contributed by atoms with Gasteiger partial charge < -0.3 is 10.1 Å². The summed E-state index contributed by atoms with van der Waals surface area (Å²) >= 11 is 10.2. The van der Waals surface area contributed by atoms with E-state index >= 15 is 0 Å². The van der Waals surface area contributed by atoms with Crippen molar-refractivity contribution in [3.8, 4) is 11.8 Å². The third-order valence-corrected chi connectivity index (χ3v) is 5.31. The third-order valence-electron chi connectivity index (χ3n) is 3.40. The molecule has 0 aliphatic carbocycles. The molecule has 144 valence electrons. The number of rotatable bonds is 6. The lowest BCUT2D eigenvalue weighted by Gasteiger charge is -2.10. The van der Waals surface area contributed by atoms with Gasteiger partial charge in [0.25, 0.3) is 11.6 Å². The second-order valence-corrected chi connectivity index (χ2v) is 8.02. The highest BCUT2D eigenvalue weighted by molar-refractivity contribution is 14.1. The molecule has 0 bridgehead atoms. The molecule has 0 aromatic heterocycles. The Hall–Kier alpha value is -1.91. The Morgan fingerprint density at radius 1 is 1.36 bits per heavy atom. The van der Waals surface area contributed by atoms with Crippen molar-refractivity contribution >= 4 is 80.1 Å². The molecule has 28 heavy (non-hydrogen) atoms. The Morgan fingerprint density at radius 2 is 2.00 bits per heavy atom. The van der Waals surface area contributed by atoms with Crippen LogP contribution >= 0.6 is 56.8 Å². The van der Waals surface area contributed by atoms with Crippen LogP contribution in [0.1, 0.15) is 12.5 Å². The molecule has 10 heteroatoms. The van der Waals surface area contributed by atoms with Gasteiger partial charge >= 0.3 is 0 Å². The van der Waals surface area contributed by atoms with E-state index in [1.165, 1.54) is 18.2 Å². The standard InChI is InChI=1S/C18H12ClI2N3O4/c1-2-28-17-14(20)6-10(7-15(17)21)5-11(9-22)18(25)23-16-4-3-12(24(26)27)8-13(16)19/h3-8H,2H2,1H3,(H,23,25). The SMILES string of the molecule is CCOc1c(I)cc(C=C(C#N)C(=O)Nc2ccc([N+](=O)[O-])cc2Cl)cc1I. The molecule has 1 N–H and O–H groups in total. The number of anilines is 1. The van der Waals surface area contributed by atoms with Crippen LogP contribution in [0.4, 0.5) is 11.4 Å². The second kappa shape index (κ2) is 10.0. The van der Waals surface area contributed by atoms with Gasteiger partial charge in [0.1, 0.15) is 17.4 Å². The number of ether oxygens (including phenoxy) is 1. The van der Waals surface area contributed by atoms with Gasteiger partial charge in [-0.25, -0.2) is 0 Å². The molecule has 1 amide bonds. The van der Waals surface area contributed by atoms with Crippen LogP contribution in [-0.4, -0.2) is 17.4 Å². The molecule has 2 aromatic rings. The van der Waals surface area contributed by atoms with Gasteiger partial charge in [-0.05, 0) is 81.9 Å². The van der Waals surface area contributed by atoms with Gasteiger partial charge in [0.05, 0.1) is 29.4 Å². The van der Waals surface area contributed by atoms with Crippen molar-refractivity contribution < 1.29 is 14.5 Å². The van der Waals surface area contributed by atoms with Gasteiger partial charge in [0.15, 0.2) is 0 Å². The van der Waals surface area contributed by atoms with Gasteiger partial charge in [0, 0.05) is 12.1 Å². The zero-order valence-electron chi connectivity index (χ0n) is 14.3. The van der Waals surface area contributed by atoms with E-state index in [2.05, 4.69) is 50.5 Å². The van der Waals surface area contributed by atoms with Crippen LogP contribution < -0.4 is 10.1 Å². The molecule has 0 fully saturated rings. The lowest BCUT2D eigenvalue weighted by Crippen LogP contribution is -2.13. The summed E-state index contributed by atoms with van der Waals surface area (Å²) in [6.07, 6.45) is 1.45. The lowest BCUT2D eigenvalue weighted by molar-refractivity contribution is -0.384. The number of halogens is 3. The van der Waals surface area contributed by atoms with Crippen molar-refractivity contribution in [1.29, 1.82) is 5.26 Å². The molecule has 2 aromatic carbocycles. The fraction of sp³-hybridized carbons (Fsp3) is 0.111. The molecule has 0 radical (unpaired) electrons. The normalized spacial score (nSPS) is 10.9. The van der Waals surface area contributed by atoms with Crippen molar-refractivity contribution in [2.75, 3.05) is 11.9 Å². The van der Waals surface area contributed by atoms with E-state index in [4.69, 9.17) is 16.3 Å². The summed E-state index contributed by atoms with van der Waals surface area (Å²) in [5.74, 6) is 0.0821. The number of benzene rings is 2. The Labute approximate surface area is 193 Å². The predicted octanol–water partition coefficient (Wildman–Crippen LogP) is 5.40. The number of nitro benzene ring substituents is 1. The number of nitriles is 1. The zero-order chi connectivity index (χ0) is 20.8. The van der Waals surface area contributed by atoms with Gasteiger partial charge in [0.2, 0.25) is 0 Å². The lowest BCUT2D eigenvalue weighted by atomic mass is 10.1. The Bertz CT molecular complexity index is 995. The van der Waals surface area contributed by atoms with E-state index in [-0.39, 0.29) is 22.0 Å². The monoisotopic (exact) mass is 623 g/mol. The fourth-order valence-corrected chi connectivity index (χ4v) is 4.52. The maximum atomic E-state index is 12.4. The Morgan fingerprint density at radius 3 is 2.50 bits per heavy atom. The second-order valence-electron chi connectivity index (χ2n) is 5.29. The van der Waals surface area contributed by atoms with Crippen LogP contribution in [-0.2, 0) is 4.79 Å². The number of non-ortho nitro benzene ring substituents is 1. The highest BCUT2D eigenvalue weighted by Crippen LogP contribution is 2.30. The first-order valence-electron chi connectivity index (χ1n) is 7.75. The van der Waals surface area contributed by atoms with Crippen LogP contribution in [0.15, 0.2) is 35.9 Å². The Kier molecular flexibility index (Phi) is 8.02. The molecule has 0 atom stereocenters. The van der Waals surface area contributed by atoms with Crippen LogP contribution in [0.3, 0.4) is 0 Å². The minimum atomic E-state index is -0.669. The molecule has 0 unspecified atom stereocenters. The molecule has 0 aliphatic heterocycles. The molecule has 2 rings (SSSR count). The number of amides is 1. The average Bonchev–Trinajstić information content (AvgIpc) is 2.64. The first-order chi connectivity index (χ1) is 13.3. The molecule has 0 heterocycles. The summed E-state index contributed by atoms with van der Waals surface area (Å²) in [5.41, 5.74) is 0.510. The van der Waals surface area contributed by atoms with Crippen LogP contribution in [0.2, 0.25) is 5.02 Å². The largest absolute Gasteiger partial charge is 0.492 e. The fourth-order valence-electron chi connectivity index (χ4n) is 2.17. The molecular formula is C18H12ClI2N3O4. The number of nitro groups is 1. The van der Waals surface area contributed by atoms with Crippen LogP contribution in [0.5, 0.6) is 5.75 Å². The molecule has 7 nitrogen and oxygen atoms in total. The van der Waals surface area contributed by atoms with E-state index in [1.807, 2.05) is 13.0 Å². The molecule has 0 saturated heterocycles. The highest BCUT2D eigenvalue weighted by atomic mass is 127.